The number of rotatable bonds is 6. The van der Waals surface area contributed by atoms with Crippen molar-refractivity contribution >= 4 is 6.29 Å². The Morgan fingerprint density at radius 1 is 1.60 bits per heavy atom. The lowest BCUT2D eigenvalue weighted by atomic mass is 10.1. The summed E-state index contributed by atoms with van der Waals surface area (Å²) in [5, 5.41) is 0. The molecule has 0 aliphatic carbocycles. The zero-order valence-corrected chi connectivity index (χ0v) is 6.80. The first kappa shape index (κ1) is 9.63. The number of aldehydes is 1. The van der Waals surface area contributed by atoms with Gasteiger partial charge in [0, 0.05) is 6.61 Å². The molecule has 10 heavy (non-hydrogen) atoms. The summed E-state index contributed by atoms with van der Waals surface area (Å²) < 4.78 is 5.03. The maximum absolute atomic E-state index is 9.82. The smallest absolute Gasteiger partial charge is 0.145 e. The zero-order chi connectivity index (χ0) is 7.82. The van der Waals surface area contributed by atoms with E-state index in [4.69, 9.17) is 4.74 Å². The van der Waals surface area contributed by atoms with Gasteiger partial charge in [-0.3, -0.25) is 0 Å². The summed E-state index contributed by atoms with van der Waals surface area (Å²) in [7, 11) is 0. The fourth-order valence-corrected chi connectivity index (χ4v) is 0.893. The zero-order valence-electron chi connectivity index (χ0n) is 6.80. The second kappa shape index (κ2) is 6.75. The van der Waals surface area contributed by atoms with Crippen molar-refractivity contribution in [1.82, 2.24) is 0 Å². The van der Waals surface area contributed by atoms with Crippen LogP contribution < -0.4 is 0 Å². The van der Waals surface area contributed by atoms with E-state index in [2.05, 4.69) is 13.8 Å². The summed E-state index contributed by atoms with van der Waals surface area (Å²) in [5.74, 6) is 0.588. The third kappa shape index (κ3) is 5.76. The Morgan fingerprint density at radius 2 is 2.30 bits per heavy atom. The van der Waals surface area contributed by atoms with Crippen LogP contribution in [0, 0.1) is 5.92 Å². The van der Waals surface area contributed by atoms with Gasteiger partial charge in [0.05, 0.1) is 0 Å². The first-order valence-corrected chi connectivity index (χ1v) is 3.82. The lowest BCUT2D eigenvalue weighted by Gasteiger charge is -2.07. The quantitative estimate of drug-likeness (QED) is 0.418. The number of carbonyl (C=O) groups is 1. The van der Waals surface area contributed by atoms with E-state index in [-0.39, 0.29) is 6.61 Å². The largest absolute Gasteiger partial charge is 0.374 e. The molecule has 0 amide bonds. The molecule has 0 N–H and O–H groups in total. The van der Waals surface area contributed by atoms with E-state index < -0.39 is 0 Å². The van der Waals surface area contributed by atoms with Crippen molar-refractivity contribution in [2.24, 2.45) is 5.92 Å². The summed E-state index contributed by atoms with van der Waals surface area (Å²) in [6.07, 6.45) is 3.16. The maximum atomic E-state index is 9.82. The van der Waals surface area contributed by atoms with Crippen LogP contribution in [-0.2, 0) is 9.53 Å². The molecule has 0 aliphatic rings. The molecule has 2 nitrogen and oxygen atoms in total. The lowest BCUT2D eigenvalue weighted by molar-refractivity contribution is -0.112. The molecule has 0 aromatic heterocycles. The molecule has 0 aromatic carbocycles. The van der Waals surface area contributed by atoms with E-state index in [1.807, 2.05) is 0 Å². The molecule has 0 aromatic rings. The second-order valence-electron chi connectivity index (χ2n) is 2.60. The van der Waals surface area contributed by atoms with Gasteiger partial charge in [-0.25, -0.2) is 0 Å². The molecule has 1 atom stereocenters. The van der Waals surface area contributed by atoms with Gasteiger partial charge in [-0.2, -0.15) is 0 Å². The van der Waals surface area contributed by atoms with Gasteiger partial charge >= 0.3 is 0 Å². The van der Waals surface area contributed by atoms with E-state index in [9.17, 15) is 4.79 Å². The fraction of sp³-hybridized carbons (Fsp3) is 0.875. The van der Waals surface area contributed by atoms with Crippen LogP contribution in [0.5, 0.6) is 0 Å². The third-order valence-electron chi connectivity index (χ3n) is 1.37. The Balaban J connectivity index is 3.04. The molecule has 0 bridgehead atoms. The first-order valence-electron chi connectivity index (χ1n) is 3.82. The monoisotopic (exact) mass is 144 g/mol. The van der Waals surface area contributed by atoms with Crippen LogP contribution >= 0.6 is 0 Å². The highest BCUT2D eigenvalue weighted by Crippen LogP contribution is 2.04. The average Bonchev–Trinajstić information content (AvgIpc) is 1.89. The highest BCUT2D eigenvalue weighted by Gasteiger charge is 1.98. The number of ether oxygens (including phenoxy) is 1. The van der Waals surface area contributed by atoms with Crippen LogP contribution in [0.15, 0.2) is 0 Å². The Hall–Kier alpha value is -0.370. The summed E-state index contributed by atoms with van der Waals surface area (Å²) in [5.41, 5.74) is 0. The minimum absolute atomic E-state index is 0.244. The predicted molar refractivity (Wildman–Crippen MR) is 41.0 cm³/mol. The van der Waals surface area contributed by atoms with Crippen LogP contribution in [-0.4, -0.2) is 19.5 Å². The van der Waals surface area contributed by atoms with Crippen molar-refractivity contribution in [3.05, 3.63) is 0 Å². The molecule has 0 radical (unpaired) electrons. The third-order valence-corrected chi connectivity index (χ3v) is 1.37. The normalized spacial score (nSPS) is 13.0. The van der Waals surface area contributed by atoms with Crippen LogP contribution in [0.1, 0.15) is 26.7 Å². The van der Waals surface area contributed by atoms with Gasteiger partial charge in [0.15, 0.2) is 0 Å². The van der Waals surface area contributed by atoms with Crippen LogP contribution in [0.25, 0.3) is 0 Å². The predicted octanol–water partition coefficient (Wildman–Crippen LogP) is 1.64. The second-order valence-corrected chi connectivity index (χ2v) is 2.60. The standard InChI is InChI=1S/C8H16O2/c1-3-4-8(2)7-10-6-5-9/h5,8H,3-4,6-7H2,1-2H3. The number of hydrogen-bond donors (Lipinski definition) is 0. The Kier molecular flexibility index (Phi) is 6.50. The molecule has 0 aliphatic heterocycles. The van der Waals surface area contributed by atoms with Crippen LogP contribution in [0.2, 0.25) is 0 Å². The van der Waals surface area contributed by atoms with Gasteiger partial charge in [-0.15, -0.1) is 0 Å². The number of hydrogen-bond acceptors (Lipinski definition) is 2. The van der Waals surface area contributed by atoms with E-state index in [0.29, 0.717) is 12.5 Å². The van der Waals surface area contributed by atoms with Crippen molar-refractivity contribution in [3.8, 4) is 0 Å². The van der Waals surface area contributed by atoms with Gasteiger partial charge in [0.2, 0.25) is 0 Å². The van der Waals surface area contributed by atoms with Crippen molar-refractivity contribution in [1.29, 1.82) is 0 Å². The molecule has 2 heteroatoms. The van der Waals surface area contributed by atoms with Crippen molar-refractivity contribution in [3.63, 3.8) is 0 Å². The average molecular weight is 144 g/mol. The minimum atomic E-state index is 0.244. The molecule has 0 rings (SSSR count). The summed E-state index contributed by atoms with van der Waals surface area (Å²) in [4.78, 5) is 9.82. The summed E-state index contributed by atoms with van der Waals surface area (Å²) in [6.45, 7) is 5.24. The van der Waals surface area contributed by atoms with Crippen molar-refractivity contribution in [2.75, 3.05) is 13.2 Å². The van der Waals surface area contributed by atoms with E-state index >= 15 is 0 Å². The molecule has 0 saturated carbocycles. The fourth-order valence-electron chi connectivity index (χ4n) is 0.893. The Morgan fingerprint density at radius 3 is 2.80 bits per heavy atom. The van der Waals surface area contributed by atoms with Gasteiger partial charge in [0.25, 0.3) is 0 Å². The summed E-state index contributed by atoms with van der Waals surface area (Å²) in [6, 6.07) is 0. The SMILES string of the molecule is CCCC(C)COCC=O. The first-order chi connectivity index (χ1) is 4.81. The van der Waals surface area contributed by atoms with Gasteiger partial charge < -0.3 is 9.53 Å². The van der Waals surface area contributed by atoms with Crippen molar-refractivity contribution < 1.29 is 9.53 Å². The number of carbonyl (C=O) groups excluding carboxylic acids is 1. The van der Waals surface area contributed by atoms with E-state index in [1.165, 1.54) is 12.8 Å². The van der Waals surface area contributed by atoms with Gasteiger partial charge in [-0.05, 0) is 12.3 Å². The minimum Gasteiger partial charge on any atom is -0.374 e. The lowest BCUT2D eigenvalue weighted by Crippen LogP contribution is -2.06. The molecule has 0 saturated heterocycles. The molecule has 60 valence electrons. The molecular weight excluding hydrogens is 128 g/mol. The van der Waals surface area contributed by atoms with Crippen LogP contribution in [0.4, 0.5) is 0 Å². The molecule has 1 unspecified atom stereocenters. The maximum Gasteiger partial charge on any atom is 0.145 e. The van der Waals surface area contributed by atoms with E-state index in [0.717, 1.165) is 6.29 Å². The Bertz CT molecular complexity index is 81.3. The molecule has 0 fully saturated rings. The highest BCUT2D eigenvalue weighted by molar-refractivity contribution is 5.50. The molecule has 0 spiro atoms. The Labute approximate surface area is 62.6 Å². The topological polar surface area (TPSA) is 26.3 Å². The van der Waals surface area contributed by atoms with E-state index in [1.54, 1.807) is 0 Å². The van der Waals surface area contributed by atoms with Crippen molar-refractivity contribution in [2.45, 2.75) is 26.7 Å². The highest BCUT2D eigenvalue weighted by atomic mass is 16.5. The molecule has 0 heterocycles. The van der Waals surface area contributed by atoms with Gasteiger partial charge in [0.1, 0.15) is 12.9 Å². The van der Waals surface area contributed by atoms with Crippen LogP contribution in [0.3, 0.4) is 0 Å². The summed E-state index contributed by atoms with van der Waals surface area (Å²) >= 11 is 0. The van der Waals surface area contributed by atoms with Gasteiger partial charge in [-0.1, -0.05) is 20.3 Å². The molecular formula is C8H16O2.